The van der Waals surface area contributed by atoms with Crippen LogP contribution in [0.4, 0.5) is 4.79 Å². The summed E-state index contributed by atoms with van der Waals surface area (Å²) in [6.45, 7) is 14.9. The van der Waals surface area contributed by atoms with E-state index in [1.54, 1.807) is 20.8 Å². The molecule has 4 N–H and O–H groups in total. The first kappa shape index (κ1) is 38.1. The summed E-state index contributed by atoms with van der Waals surface area (Å²) in [7, 11) is -2.18. The molecule has 5 atom stereocenters. The molecule has 4 fully saturated rings. The number of Topliss-reactive ketones (excluding diaryl/α,β-unsaturated/α-hetero) is 1. The third-order valence-electron chi connectivity index (χ3n) is 11.4. The molecular formula is C35H59N5O7S. The van der Waals surface area contributed by atoms with Crippen molar-refractivity contribution in [1.29, 1.82) is 0 Å². The summed E-state index contributed by atoms with van der Waals surface area (Å²) in [5, 5.41) is 11.1. The quantitative estimate of drug-likeness (QED) is 0.228. The van der Waals surface area contributed by atoms with Gasteiger partial charge in [0, 0.05) is 13.6 Å². The number of sulfone groups is 1. The van der Waals surface area contributed by atoms with E-state index < -0.39 is 73.2 Å². The van der Waals surface area contributed by atoms with Crippen LogP contribution in [0.2, 0.25) is 0 Å². The molecule has 0 radical (unpaired) electrons. The molecule has 5 amide bonds. The Hall–Kier alpha value is -2.70. The van der Waals surface area contributed by atoms with Crippen LogP contribution in [0.25, 0.3) is 0 Å². The number of carbonyl (C=O) groups is 5. The highest BCUT2D eigenvalue weighted by atomic mass is 32.2. The predicted molar refractivity (Wildman–Crippen MR) is 183 cm³/mol. The fraction of sp³-hybridized carbons (Fsp3) is 0.857. The first-order chi connectivity index (χ1) is 22.0. The van der Waals surface area contributed by atoms with Gasteiger partial charge in [0.05, 0.1) is 22.1 Å². The van der Waals surface area contributed by atoms with Gasteiger partial charge in [-0.25, -0.2) is 13.2 Å². The number of nitrogens with zero attached hydrogens (tertiary/aromatic N) is 1. The lowest BCUT2D eigenvalue weighted by molar-refractivity contribution is -0.145. The predicted octanol–water partition coefficient (Wildman–Crippen LogP) is 3.09. The maximum Gasteiger partial charge on any atom is 0.315 e. The minimum Gasteiger partial charge on any atom is -0.353 e. The molecule has 1 aliphatic heterocycles. The van der Waals surface area contributed by atoms with Gasteiger partial charge in [-0.1, -0.05) is 66.7 Å². The molecule has 48 heavy (non-hydrogen) atoms. The summed E-state index contributed by atoms with van der Waals surface area (Å²) < 4.78 is 25.6. The third kappa shape index (κ3) is 8.18. The lowest BCUT2D eigenvalue weighted by atomic mass is 9.83. The van der Waals surface area contributed by atoms with Crippen molar-refractivity contribution in [2.75, 3.05) is 19.3 Å². The second kappa shape index (κ2) is 13.5. The number of ketones is 1. The van der Waals surface area contributed by atoms with Gasteiger partial charge in [0.2, 0.25) is 17.6 Å². The molecule has 0 spiro atoms. The summed E-state index contributed by atoms with van der Waals surface area (Å²) in [6.07, 6.45) is 6.78. The number of hydrogen-bond donors (Lipinski definition) is 4. The van der Waals surface area contributed by atoms with Crippen molar-refractivity contribution in [3.63, 3.8) is 0 Å². The van der Waals surface area contributed by atoms with Crippen LogP contribution < -0.4 is 21.3 Å². The number of likely N-dealkylation sites (tertiary alicyclic amines) is 1. The summed E-state index contributed by atoms with van der Waals surface area (Å²) in [5.41, 5.74) is -1.90. The lowest BCUT2D eigenvalue weighted by Crippen LogP contribution is -2.64. The molecule has 1 heterocycles. The van der Waals surface area contributed by atoms with E-state index in [0.717, 1.165) is 38.5 Å². The molecule has 1 saturated heterocycles. The van der Waals surface area contributed by atoms with Crippen molar-refractivity contribution < 1.29 is 32.4 Å². The largest absolute Gasteiger partial charge is 0.353 e. The third-order valence-corrected chi connectivity index (χ3v) is 14.2. The molecule has 3 saturated carbocycles. The molecule has 0 aromatic rings. The van der Waals surface area contributed by atoms with Gasteiger partial charge in [0.15, 0.2) is 9.84 Å². The van der Waals surface area contributed by atoms with Crippen LogP contribution in [0.1, 0.15) is 113 Å². The molecule has 4 rings (SSSR count). The van der Waals surface area contributed by atoms with Crippen LogP contribution in [0.5, 0.6) is 0 Å². The van der Waals surface area contributed by atoms with Crippen LogP contribution in [0.15, 0.2) is 0 Å². The number of rotatable bonds is 12. The van der Waals surface area contributed by atoms with Crippen LogP contribution in [0.3, 0.4) is 0 Å². The number of nitrogens with one attached hydrogen (secondary N) is 4. The molecule has 1 unspecified atom stereocenters. The van der Waals surface area contributed by atoms with Gasteiger partial charge in [0.1, 0.15) is 12.1 Å². The van der Waals surface area contributed by atoms with Gasteiger partial charge in [-0.2, -0.15) is 0 Å². The summed E-state index contributed by atoms with van der Waals surface area (Å²) >= 11 is 0. The Kier molecular flexibility index (Phi) is 10.8. The Labute approximate surface area is 287 Å². The highest BCUT2D eigenvalue weighted by Gasteiger charge is 2.70. The fourth-order valence-corrected chi connectivity index (χ4v) is 9.29. The van der Waals surface area contributed by atoms with Crippen molar-refractivity contribution in [3.8, 4) is 0 Å². The maximum absolute atomic E-state index is 14.4. The van der Waals surface area contributed by atoms with E-state index in [4.69, 9.17) is 0 Å². The average Bonchev–Trinajstić information content (AvgIpc) is 3.83. The SMILES string of the molecule is CNC(=O)C(=O)C(CCC1CC1)NC(=O)[C@@H]1[C@@H]2[C@H](CN1C(=O)[C@@H](NC(=O)NC1(CS(=O)(=O)C(C)(C)C)CCCCC1)C(C)(C)C)C2(C)C. The van der Waals surface area contributed by atoms with Gasteiger partial charge in [0.25, 0.3) is 5.91 Å². The van der Waals surface area contributed by atoms with Crippen LogP contribution in [-0.4, -0.2) is 90.6 Å². The van der Waals surface area contributed by atoms with Crippen molar-refractivity contribution in [2.24, 2.45) is 28.6 Å². The van der Waals surface area contributed by atoms with Gasteiger partial charge >= 0.3 is 6.03 Å². The maximum atomic E-state index is 14.4. The topological polar surface area (TPSA) is 171 Å². The minimum absolute atomic E-state index is 0.0688. The van der Waals surface area contributed by atoms with Crippen molar-refractivity contribution in [2.45, 2.75) is 142 Å². The highest BCUT2D eigenvalue weighted by molar-refractivity contribution is 7.92. The van der Waals surface area contributed by atoms with E-state index >= 15 is 0 Å². The first-order valence-electron chi connectivity index (χ1n) is 17.7. The number of hydrogen-bond acceptors (Lipinski definition) is 7. The summed E-state index contributed by atoms with van der Waals surface area (Å²) in [4.78, 5) is 69.0. The van der Waals surface area contributed by atoms with E-state index in [-0.39, 0.29) is 23.0 Å². The van der Waals surface area contributed by atoms with Gasteiger partial charge in [-0.3, -0.25) is 19.2 Å². The zero-order valence-corrected chi connectivity index (χ0v) is 31.3. The molecule has 13 heteroatoms. The summed E-state index contributed by atoms with van der Waals surface area (Å²) in [5.74, 6) is -2.11. The molecular weight excluding hydrogens is 634 g/mol. The van der Waals surface area contributed by atoms with Gasteiger partial charge in [-0.15, -0.1) is 0 Å². The number of carbonyl (C=O) groups excluding carboxylic acids is 5. The summed E-state index contributed by atoms with van der Waals surface area (Å²) in [6, 6.07) is -3.49. The number of fused-ring (bicyclic) bond motifs is 1. The first-order valence-corrected chi connectivity index (χ1v) is 19.4. The Bertz CT molecular complexity index is 1390. The lowest BCUT2D eigenvalue weighted by Gasteiger charge is -2.41. The Morgan fingerprint density at radius 1 is 0.917 bits per heavy atom. The molecule has 0 aromatic heterocycles. The Morgan fingerprint density at radius 2 is 1.52 bits per heavy atom. The number of amides is 5. The van der Waals surface area contributed by atoms with Crippen molar-refractivity contribution in [1.82, 2.24) is 26.2 Å². The molecule has 4 aliphatic rings. The molecule has 0 aromatic carbocycles. The van der Waals surface area contributed by atoms with Crippen LogP contribution >= 0.6 is 0 Å². The molecule has 272 valence electrons. The molecule has 3 aliphatic carbocycles. The van der Waals surface area contributed by atoms with Crippen LogP contribution in [-0.2, 0) is 29.0 Å². The second-order valence-electron chi connectivity index (χ2n) is 17.5. The van der Waals surface area contributed by atoms with E-state index in [0.29, 0.717) is 31.7 Å². The fourth-order valence-electron chi connectivity index (χ4n) is 7.77. The zero-order valence-electron chi connectivity index (χ0n) is 30.5. The Balaban J connectivity index is 1.55. The highest BCUT2D eigenvalue weighted by Crippen LogP contribution is 2.65. The minimum atomic E-state index is -3.56. The van der Waals surface area contributed by atoms with Gasteiger partial charge < -0.3 is 26.2 Å². The number of piperidine rings is 1. The van der Waals surface area contributed by atoms with E-state index in [1.807, 2.05) is 20.8 Å². The van der Waals surface area contributed by atoms with Crippen LogP contribution in [0, 0.1) is 28.6 Å². The number of urea groups is 1. The number of likely N-dealkylation sites (N-methyl/N-ethyl adjacent to an activating group) is 1. The van der Waals surface area contributed by atoms with Crippen molar-refractivity contribution in [3.05, 3.63) is 0 Å². The van der Waals surface area contributed by atoms with E-state index in [2.05, 4.69) is 35.1 Å². The Morgan fingerprint density at radius 3 is 2.04 bits per heavy atom. The van der Waals surface area contributed by atoms with Gasteiger partial charge in [-0.05, 0) is 75.0 Å². The normalized spacial score (nSPS) is 26.0. The smallest absolute Gasteiger partial charge is 0.315 e. The monoisotopic (exact) mass is 693 g/mol. The standard InChI is InChI=1S/C35H59N5O7S/c1-32(2,3)27(38-31(45)39-35(17-11-10-12-18-35)20-48(46,47)33(4,5)6)30(44)40-19-22-24(34(22,7)8)25(40)28(42)37-23(16-15-21-13-14-21)26(41)29(43)36-9/h21-25,27H,10-20H2,1-9H3,(H,36,43)(H,37,42)(H2,38,39,45)/t22-,23?,24-,25-,27+/m0/s1. The average molecular weight is 694 g/mol. The zero-order chi connectivity index (χ0) is 36.0. The van der Waals surface area contributed by atoms with Crippen molar-refractivity contribution >= 4 is 39.4 Å². The van der Waals surface area contributed by atoms with E-state index in [1.165, 1.54) is 11.9 Å². The van der Waals surface area contributed by atoms with E-state index in [9.17, 15) is 32.4 Å². The second-order valence-corrected chi connectivity index (χ2v) is 20.3. The molecule has 0 bridgehead atoms. The molecule has 12 nitrogen and oxygen atoms in total.